The molecule has 0 spiro atoms. The Kier molecular flexibility index (Phi) is 2.27. The maximum atomic E-state index is 8.88. The summed E-state index contributed by atoms with van der Waals surface area (Å²) in [4.78, 5) is 4.25. The summed E-state index contributed by atoms with van der Waals surface area (Å²) in [5, 5.41) is 11.0. The molecule has 0 saturated carbocycles. The molecule has 2 heterocycles. The quantitative estimate of drug-likeness (QED) is 0.745. The molecule has 2 aromatic rings. The summed E-state index contributed by atoms with van der Waals surface area (Å²) in [5.41, 5.74) is 6.86. The summed E-state index contributed by atoms with van der Waals surface area (Å²) in [6, 6.07) is 3.84. The zero-order valence-electron chi connectivity index (χ0n) is 7.31. The van der Waals surface area contributed by atoms with Crippen molar-refractivity contribution in [3.05, 3.63) is 11.6 Å². The van der Waals surface area contributed by atoms with E-state index in [4.69, 9.17) is 11.0 Å². The molecule has 4 nitrogen and oxygen atoms in total. The van der Waals surface area contributed by atoms with Crippen LogP contribution in [-0.2, 0) is 0 Å². The molecule has 0 bridgehead atoms. The fourth-order valence-electron chi connectivity index (χ4n) is 1.12. The van der Waals surface area contributed by atoms with Crippen molar-refractivity contribution in [3.63, 3.8) is 0 Å². The van der Waals surface area contributed by atoms with Crippen LogP contribution in [0.3, 0.4) is 0 Å². The van der Waals surface area contributed by atoms with Crippen molar-refractivity contribution in [2.75, 3.05) is 12.0 Å². The minimum absolute atomic E-state index is 0.553. The molecular formula is C8H6N4S2. The van der Waals surface area contributed by atoms with Crippen molar-refractivity contribution < 1.29 is 0 Å². The topological polar surface area (TPSA) is 75.6 Å². The standard InChI is InChI=1S/C8H6N4S2/c1-13-8-4(3-9)2-5-6(10)14-12-7(5)11-8/h2H,10H2,1H3. The molecule has 0 aromatic carbocycles. The molecule has 2 aromatic heterocycles. The highest BCUT2D eigenvalue weighted by Crippen LogP contribution is 2.28. The van der Waals surface area contributed by atoms with E-state index in [0.29, 0.717) is 21.2 Å². The molecule has 0 radical (unpaired) electrons. The monoisotopic (exact) mass is 222 g/mol. The van der Waals surface area contributed by atoms with Crippen LogP contribution in [0.4, 0.5) is 5.00 Å². The van der Waals surface area contributed by atoms with Crippen molar-refractivity contribution in [1.82, 2.24) is 9.36 Å². The number of rotatable bonds is 1. The van der Waals surface area contributed by atoms with Gasteiger partial charge in [-0.25, -0.2) is 4.98 Å². The van der Waals surface area contributed by atoms with Gasteiger partial charge in [-0.3, -0.25) is 0 Å². The van der Waals surface area contributed by atoms with Crippen molar-refractivity contribution in [2.45, 2.75) is 5.03 Å². The molecular weight excluding hydrogens is 216 g/mol. The summed E-state index contributed by atoms with van der Waals surface area (Å²) >= 11 is 2.64. The number of hydrogen-bond acceptors (Lipinski definition) is 6. The predicted molar refractivity (Wildman–Crippen MR) is 58.3 cm³/mol. The zero-order valence-corrected chi connectivity index (χ0v) is 8.95. The first kappa shape index (κ1) is 9.24. The Balaban J connectivity index is 2.79. The first-order valence-corrected chi connectivity index (χ1v) is 5.76. The van der Waals surface area contributed by atoms with Gasteiger partial charge in [-0.2, -0.15) is 9.64 Å². The lowest BCUT2D eigenvalue weighted by molar-refractivity contribution is 1.15. The normalized spacial score (nSPS) is 10.3. The number of nitrogen functional groups attached to an aromatic ring is 1. The Morgan fingerprint density at radius 1 is 1.64 bits per heavy atom. The number of fused-ring (bicyclic) bond motifs is 1. The van der Waals surface area contributed by atoms with Crippen LogP contribution in [-0.4, -0.2) is 15.6 Å². The van der Waals surface area contributed by atoms with Gasteiger partial charge >= 0.3 is 0 Å². The molecule has 2 rings (SSSR count). The van der Waals surface area contributed by atoms with Gasteiger partial charge in [-0.1, -0.05) is 0 Å². The van der Waals surface area contributed by atoms with Gasteiger partial charge in [0.15, 0.2) is 5.65 Å². The number of aromatic nitrogens is 2. The Morgan fingerprint density at radius 3 is 3.07 bits per heavy atom. The van der Waals surface area contributed by atoms with Crippen LogP contribution in [0.5, 0.6) is 0 Å². The van der Waals surface area contributed by atoms with Crippen molar-refractivity contribution in [2.24, 2.45) is 0 Å². The molecule has 6 heteroatoms. The van der Waals surface area contributed by atoms with E-state index >= 15 is 0 Å². The molecule has 0 saturated heterocycles. The van der Waals surface area contributed by atoms with E-state index in [1.54, 1.807) is 6.07 Å². The van der Waals surface area contributed by atoms with Crippen LogP contribution < -0.4 is 5.73 Å². The molecule has 0 unspecified atom stereocenters. The molecule has 0 fully saturated rings. The second kappa shape index (κ2) is 3.44. The van der Waals surface area contributed by atoms with Gasteiger partial charge in [0.25, 0.3) is 0 Å². The number of thioether (sulfide) groups is 1. The van der Waals surface area contributed by atoms with Gasteiger partial charge in [-0.15, -0.1) is 11.8 Å². The van der Waals surface area contributed by atoms with Crippen molar-refractivity contribution in [3.8, 4) is 6.07 Å². The second-order valence-corrected chi connectivity index (χ2v) is 4.17. The van der Waals surface area contributed by atoms with Gasteiger partial charge in [0.05, 0.1) is 10.9 Å². The molecule has 70 valence electrons. The number of nitrogens with zero attached hydrogens (tertiary/aromatic N) is 3. The van der Waals surface area contributed by atoms with Crippen LogP contribution in [0.25, 0.3) is 11.0 Å². The molecule has 0 amide bonds. The third-order valence-corrected chi connectivity index (χ3v) is 3.16. The molecule has 2 N–H and O–H groups in total. The summed E-state index contributed by atoms with van der Waals surface area (Å²) in [7, 11) is 0. The van der Waals surface area contributed by atoms with Gasteiger partial charge in [0.1, 0.15) is 16.1 Å². The van der Waals surface area contributed by atoms with Crippen molar-refractivity contribution in [1.29, 1.82) is 5.26 Å². The second-order valence-electron chi connectivity index (χ2n) is 2.58. The molecule has 0 aliphatic carbocycles. The Hall–Kier alpha value is -1.32. The number of nitrogens with two attached hydrogens (primary N) is 1. The van der Waals surface area contributed by atoms with Gasteiger partial charge in [0, 0.05) is 0 Å². The van der Waals surface area contributed by atoms with E-state index in [1.165, 1.54) is 23.3 Å². The Labute approximate surface area is 88.9 Å². The molecule has 0 atom stereocenters. The number of anilines is 1. The Morgan fingerprint density at radius 2 is 2.43 bits per heavy atom. The lowest BCUT2D eigenvalue weighted by atomic mass is 10.2. The molecule has 0 aliphatic rings. The van der Waals surface area contributed by atoms with Crippen LogP contribution >= 0.6 is 23.3 Å². The Bertz CT molecular complexity index is 526. The van der Waals surface area contributed by atoms with Crippen LogP contribution in [0.15, 0.2) is 11.1 Å². The summed E-state index contributed by atoms with van der Waals surface area (Å²) < 4.78 is 4.09. The largest absolute Gasteiger partial charge is 0.389 e. The highest BCUT2D eigenvalue weighted by atomic mass is 32.2. The minimum Gasteiger partial charge on any atom is -0.389 e. The van der Waals surface area contributed by atoms with Gasteiger partial charge in [0.2, 0.25) is 0 Å². The lowest BCUT2D eigenvalue weighted by Gasteiger charge is -1.98. The third kappa shape index (κ3) is 1.31. The van der Waals surface area contributed by atoms with E-state index in [0.717, 1.165) is 5.39 Å². The SMILES string of the molecule is CSc1nc2nsc(N)c2cc1C#N. The van der Waals surface area contributed by atoms with E-state index in [9.17, 15) is 0 Å². The zero-order chi connectivity index (χ0) is 10.1. The van der Waals surface area contributed by atoms with Crippen LogP contribution in [0.1, 0.15) is 5.56 Å². The average molecular weight is 222 g/mol. The molecule has 14 heavy (non-hydrogen) atoms. The van der Waals surface area contributed by atoms with E-state index in [2.05, 4.69) is 15.4 Å². The van der Waals surface area contributed by atoms with Crippen LogP contribution in [0, 0.1) is 11.3 Å². The maximum absolute atomic E-state index is 8.88. The highest BCUT2D eigenvalue weighted by molar-refractivity contribution is 7.98. The first-order chi connectivity index (χ1) is 6.76. The number of nitriles is 1. The van der Waals surface area contributed by atoms with E-state index in [1.807, 2.05) is 6.26 Å². The van der Waals surface area contributed by atoms with Gasteiger partial charge < -0.3 is 5.73 Å². The predicted octanol–water partition coefficient (Wildman–Crippen LogP) is 1.87. The average Bonchev–Trinajstić information content (AvgIpc) is 2.58. The summed E-state index contributed by atoms with van der Waals surface area (Å²) in [6.45, 7) is 0. The molecule has 0 aliphatic heterocycles. The fraction of sp³-hybridized carbons (Fsp3) is 0.125. The highest BCUT2D eigenvalue weighted by Gasteiger charge is 2.09. The van der Waals surface area contributed by atoms with E-state index < -0.39 is 0 Å². The fourth-order valence-corrected chi connectivity index (χ4v) is 2.19. The third-order valence-electron chi connectivity index (χ3n) is 1.78. The number of hydrogen-bond donors (Lipinski definition) is 1. The minimum atomic E-state index is 0.553. The maximum Gasteiger partial charge on any atom is 0.176 e. The van der Waals surface area contributed by atoms with Crippen molar-refractivity contribution >= 4 is 39.3 Å². The van der Waals surface area contributed by atoms with Gasteiger partial charge in [-0.05, 0) is 23.9 Å². The first-order valence-electron chi connectivity index (χ1n) is 3.76. The summed E-state index contributed by atoms with van der Waals surface area (Å²) in [5.74, 6) is 0. The van der Waals surface area contributed by atoms with Crippen LogP contribution in [0.2, 0.25) is 0 Å². The summed E-state index contributed by atoms with van der Waals surface area (Å²) in [6.07, 6.45) is 1.88. The smallest absolute Gasteiger partial charge is 0.176 e. The lowest BCUT2D eigenvalue weighted by Crippen LogP contribution is -1.88. The number of pyridine rings is 1. The van der Waals surface area contributed by atoms with E-state index in [-0.39, 0.29) is 0 Å².